The Balaban J connectivity index is 2.06. The fourth-order valence-electron chi connectivity index (χ4n) is 2.66. The molecule has 0 radical (unpaired) electrons. The van der Waals surface area contributed by atoms with Gasteiger partial charge in [0.25, 0.3) is 0 Å². The van der Waals surface area contributed by atoms with Gasteiger partial charge < -0.3 is 0 Å². The van der Waals surface area contributed by atoms with Crippen molar-refractivity contribution in [2.24, 2.45) is 5.92 Å². The van der Waals surface area contributed by atoms with Gasteiger partial charge in [-0.1, -0.05) is 38.1 Å². The lowest BCUT2D eigenvalue weighted by Gasteiger charge is -2.23. The minimum absolute atomic E-state index is 0.544. The molecule has 0 bridgehead atoms. The summed E-state index contributed by atoms with van der Waals surface area (Å²) in [5.74, 6) is 2.24. The zero-order chi connectivity index (χ0) is 13.0. The van der Waals surface area contributed by atoms with Gasteiger partial charge in [0.2, 0.25) is 0 Å². The van der Waals surface area contributed by atoms with Crippen molar-refractivity contribution in [1.82, 2.24) is 4.90 Å². The maximum absolute atomic E-state index is 11.7. The van der Waals surface area contributed by atoms with E-state index < -0.39 is 10.8 Å². The molecule has 2 nitrogen and oxygen atoms in total. The molecule has 2 atom stereocenters. The van der Waals surface area contributed by atoms with Crippen LogP contribution in [-0.2, 0) is 23.8 Å². The first-order valence-corrected chi connectivity index (χ1v) is 8.32. The Labute approximate surface area is 113 Å². The normalized spacial score (nSPS) is 25.9. The van der Waals surface area contributed by atoms with E-state index in [1.165, 1.54) is 11.1 Å². The second-order valence-corrected chi connectivity index (χ2v) is 6.89. The molecule has 1 aromatic carbocycles. The first kappa shape index (κ1) is 13.8. The molecule has 0 aliphatic carbocycles. The Hall–Kier alpha value is -0.670. The van der Waals surface area contributed by atoms with Crippen LogP contribution in [0.4, 0.5) is 0 Å². The van der Waals surface area contributed by atoms with Gasteiger partial charge in [-0.2, -0.15) is 0 Å². The molecule has 100 valence electrons. The van der Waals surface area contributed by atoms with Crippen molar-refractivity contribution in [2.75, 3.05) is 24.6 Å². The molecule has 0 spiro atoms. The average Bonchev–Trinajstić information content (AvgIpc) is 2.51. The quantitative estimate of drug-likeness (QED) is 0.837. The van der Waals surface area contributed by atoms with E-state index in [4.69, 9.17) is 0 Å². The number of hydrogen-bond donors (Lipinski definition) is 0. The van der Waals surface area contributed by atoms with E-state index in [2.05, 4.69) is 43.0 Å². The molecule has 0 unspecified atom stereocenters. The molecule has 0 saturated carbocycles. The third-order valence-electron chi connectivity index (χ3n) is 3.57. The Bertz CT molecular complexity index is 419. The highest BCUT2D eigenvalue weighted by Crippen LogP contribution is 2.15. The van der Waals surface area contributed by atoms with Gasteiger partial charge in [0.05, 0.1) is 0 Å². The van der Waals surface area contributed by atoms with Gasteiger partial charge in [0.1, 0.15) is 0 Å². The lowest BCUT2D eigenvalue weighted by Crippen LogP contribution is -2.29. The monoisotopic (exact) mass is 265 g/mol. The van der Waals surface area contributed by atoms with Crippen molar-refractivity contribution in [3.05, 3.63) is 35.4 Å². The van der Waals surface area contributed by atoms with Gasteiger partial charge >= 0.3 is 0 Å². The molecule has 3 heteroatoms. The van der Waals surface area contributed by atoms with E-state index in [9.17, 15) is 4.21 Å². The van der Waals surface area contributed by atoms with E-state index in [-0.39, 0.29) is 0 Å². The van der Waals surface area contributed by atoms with E-state index in [0.717, 1.165) is 37.6 Å². The van der Waals surface area contributed by atoms with Gasteiger partial charge in [-0.3, -0.25) is 9.11 Å². The van der Waals surface area contributed by atoms with E-state index in [1.54, 1.807) is 0 Å². The first-order valence-electron chi connectivity index (χ1n) is 6.83. The van der Waals surface area contributed by atoms with Crippen molar-refractivity contribution < 1.29 is 4.21 Å². The number of benzene rings is 1. The average molecular weight is 265 g/mol. The van der Waals surface area contributed by atoms with Gasteiger partial charge in [0, 0.05) is 41.9 Å². The van der Waals surface area contributed by atoms with Crippen LogP contribution in [0.15, 0.2) is 24.3 Å². The van der Waals surface area contributed by atoms with Gasteiger partial charge in [0.15, 0.2) is 0 Å². The van der Waals surface area contributed by atoms with E-state index in [0.29, 0.717) is 5.92 Å². The third kappa shape index (κ3) is 3.66. The standard InChI is InChI=1S/C15H23NOS/c1-3-14-6-4-5-7-15(14)11-16-8-9-18(17)12-13(2)10-16/h4-7,13H,3,8-12H2,1-2H3/t13-,18-/m0/s1. The van der Waals surface area contributed by atoms with Gasteiger partial charge in [-0.05, 0) is 23.5 Å². The van der Waals surface area contributed by atoms with Gasteiger partial charge in [-0.25, -0.2) is 0 Å². The Morgan fingerprint density at radius 3 is 2.78 bits per heavy atom. The Kier molecular flexibility index (Phi) is 4.95. The first-order chi connectivity index (χ1) is 8.69. The van der Waals surface area contributed by atoms with Crippen LogP contribution >= 0.6 is 0 Å². The zero-order valence-corrected chi connectivity index (χ0v) is 12.2. The molecular weight excluding hydrogens is 242 g/mol. The van der Waals surface area contributed by atoms with Crippen molar-refractivity contribution in [3.8, 4) is 0 Å². The van der Waals surface area contributed by atoms with Crippen molar-refractivity contribution >= 4 is 10.8 Å². The number of rotatable bonds is 3. The van der Waals surface area contributed by atoms with E-state index in [1.807, 2.05) is 0 Å². The maximum atomic E-state index is 11.7. The molecule has 18 heavy (non-hydrogen) atoms. The largest absolute Gasteiger partial charge is 0.298 e. The minimum Gasteiger partial charge on any atom is -0.298 e. The molecule has 1 fully saturated rings. The van der Waals surface area contributed by atoms with Crippen LogP contribution in [0.3, 0.4) is 0 Å². The number of aryl methyl sites for hydroxylation is 1. The van der Waals surface area contributed by atoms with Crippen LogP contribution < -0.4 is 0 Å². The van der Waals surface area contributed by atoms with Crippen LogP contribution in [0.5, 0.6) is 0 Å². The fourth-order valence-corrected chi connectivity index (χ4v) is 4.03. The predicted molar refractivity (Wildman–Crippen MR) is 78.1 cm³/mol. The topological polar surface area (TPSA) is 20.3 Å². The van der Waals surface area contributed by atoms with Crippen LogP contribution in [0.1, 0.15) is 25.0 Å². The fraction of sp³-hybridized carbons (Fsp3) is 0.600. The van der Waals surface area contributed by atoms with Crippen LogP contribution in [-0.4, -0.2) is 33.7 Å². The molecular formula is C15H23NOS. The summed E-state index contributed by atoms with van der Waals surface area (Å²) in [7, 11) is -0.615. The smallest absolute Gasteiger partial charge is 0.0362 e. The van der Waals surface area contributed by atoms with Crippen molar-refractivity contribution in [2.45, 2.75) is 26.8 Å². The zero-order valence-electron chi connectivity index (χ0n) is 11.4. The van der Waals surface area contributed by atoms with Crippen LogP contribution in [0, 0.1) is 5.92 Å². The summed E-state index contributed by atoms with van der Waals surface area (Å²) >= 11 is 0. The number of nitrogens with zero attached hydrogens (tertiary/aromatic N) is 1. The van der Waals surface area contributed by atoms with Crippen molar-refractivity contribution in [1.29, 1.82) is 0 Å². The molecule has 0 N–H and O–H groups in total. The molecule has 0 aromatic heterocycles. The summed E-state index contributed by atoms with van der Waals surface area (Å²) < 4.78 is 11.7. The molecule has 0 amide bonds. The van der Waals surface area contributed by atoms with Crippen LogP contribution in [0.2, 0.25) is 0 Å². The second-order valence-electron chi connectivity index (χ2n) is 5.27. The minimum atomic E-state index is -0.615. The predicted octanol–water partition coefficient (Wildman–Crippen LogP) is 2.45. The lowest BCUT2D eigenvalue weighted by molar-refractivity contribution is 0.256. The highest BCUT2D eigenvalue weighted by atomic mass is 32.2. The summed E-state index contributed by atoms with van der Waals surface area (Å²) in [6.45, 7) is 7.46. The maximum Gasteiger partial charge on any atom is 0.0362 e. The molecule has 2 rings (SSSR count). The van der Waals surface area contributed by atoms with E-state index >= 15 is 0 Å². The Morgan fingerprint density at radius 2 is 2.06 bits per heavy atom. The summed E-state index contributed by atoms with van der Waals surface area (Å²) in [6.07, 6.45) is 1.09. The molecule has 1 aliphatic rings. The Morgan fingerprint density at radius 1 is 1.33 bits per heavy atom. The summed E-state index contributed by atoms with van der Waals surface area (Å²) in [5, 5.41) is 0. The second kappa shape index (κ2) is 6.48. The molecule has 1 heterocycles. The SMILES string of the molecule is CCc1ccccc1CN1CC[S@](=O)C[C@@H](C)C1. The number of hydrogen-bond acceptors (Lipinski definition) is 2. The molecule has 1 aliphatic heterocycles. The summed E-state index contributed by atoms with van der Waals surface area (Å²) in [5.41, 5.74) is 2.87. The highest BCUT2D eigenvalue weighted by molar-refractivity contribution is 7.85. The summed E-state index contributed by atoms with van der Waals surface area (Å²) in [4.78, 5) is 2.46. The van der Waals surface area contributed by atoms with Crippen LogP contribution in [0.25, 0.3) is 0 Å². The summed E-state index contributed by atoms with van der Waals surface area (Å²) in [6, 6.07) is 8.68. The van der Waals surface area contributed by atoms with Crippen molar-refractivity contribution in [3.63, 3.8) is 0 Å². The molecule has 1 saturated heterocycles. The third-order valence-corrected chi connectivity index (χ3v) is 5.15. The molecule has 1 aromatic rings. The highest BCUT2D eigenvalue weighted by Gasteiger charge is 2.19. The van der Waals surface area contributed by atoms with Gasteiger partial charge in [-0.15, -0.1) is 0 Å². The lowest BCUT2D eigenvalue weighted by atomic mass is 10.0.